The van der Waals surface area contributed by atoms with E-state index < -0.39 is 0 Å². The van der Waals surface area contributed by atoms with Gasteiger partial charge in [0.1, 0.15) is 6.54 Å². The van der Waals surface area contributed by atoms with Crippen molar-refractivity contribution in [1.29, 1.82) is 0 Å². The van der Waals surface area contributed by atoms with E-state index in [9.17, 15) is 4.79 Å². The van der Waals surface area contributed by atoms with Crippen molar-refractivity contribution in [3.05, 3.63) is 16.1 Å². The zero-order chi connectivity index (χ0) is 16.7. The lowest BCUT2D eigenvalue weighted by Gasteiger charge is -2.22. The maximum Gasteiger partial charge on any atom is 0.243 e. The Kier molecular flexibility index (Phi) is 7.31. The molecule has 0 atom stereocenters. The highest BCUT2D eigenvalue weighted by molar-refractivity contribution is 7.09. The summed E-state index contributed by atoms with van der Waals surface area (Å²) in [5.41, 5.74) is 1.02. The lowest BCUT2D eigenvalue weighted by molar-refractivity contribution is -0.127. The lowest BCUT2D eigenvalue weighted by atomic mass is 10.2. The number of rotatable bonds is 6. The first kappa shape index (κ1) is 18.4. The van der Waals surface area contributed by atoms with Crippen molar-refractivity contribution in [1.82, 2.24) is 20.1 Å². The van der Waals surface area contributed by atoms with Gasteiger partial charge in [-0.1, -0.05) is 13.8 Å². The third kappa shape index (κ3) is 6.43. The van der Waals surface area contributed by atoms with Crippen LogP contribution in [0.1, 0.15) is 24.5 Å². The second kappa shape index (κ2) is 8.73. The monoisotopic (exact) mass is 325 g/mol. The highest BCUT2D eigenvalue weighted by Crippen LogP contribution is 2.09. The molecule has 1 aromatic rings. The Morgan fingerprint density at radius 2 is 2.09 bits per heavy atom. The Morgan fingerprint density at radius 1 is 1.41 bits per heavy atom. The first-order valence-electron chi connectivity index (χ1n) is 7.40. The maximum absolute atomic E-state index is 11.7. The van der Waals surface area contributed by atoms with Crippen molar-refractivity contribution in [2.75, 3.05) is 34.2 Å². The van der Waals surface area contributed by atoms with Crippen LogP contribution in [0.2, 0.25) is 0 Å². The van der Waals surface area contributed by atoms with Crippen LogP contribution in [0, 0.1) is 12.8 Å². The van der Waals surface area contributed by atoms with E-state index >= 15 is 0 Å². The molecule has 1 heterocycles. The van der Waals surface area contributed by atoms with Crippen LogP contribution in [0.25, 0.3) is 0 Å². The first-order valence-corrected chi connectivity index (χ1v) is 8.28. The molecule has 0 spiro atoms. The molecule has 0 fully saturated rings. The van der Waals surface area contributed by atoms with Gasteiger partial charge in [0.15, 0.2) is 5.96 Å². The predicted octanol–water partition coefficient (Wildman–Crippen LogP) is 1.57. The molecule has 22 heavy (non-hydrogen) atoms. The van der Waals surface area contributed by atoms with Gasteiger partial charge in [-0.25, -0.2) is 9.98 Å². The van der Waals surface area contributed by atoms with Crippen LogP contribution in [0.4, 0.5) is 0 Å². The molecule has 0 saturated heterocycles. The fourth-order valence-corrected chi connectivity index (χ4v) is 2.29. The molecule has 7 heteroatoms. The quantitative estimate of drug-likeness (QED) is 0.637. The topological polar surface area (TPSA) is 60.8 Å². The largest absolute Gasteiger partial charge is 0.356 e. The molecule has 0 aliphatic carbocycles. The standard InChI is InChI=1S/C15H27N5OS/c1-11(2)7-16-15(17-8-14(21)19(4)5)20(6)9-13-10-22-12(3)18-13/h10-11H,7-9H2,1-6H3,(H,16,17). The summed E-state index contributed by atoms with van der Waals surface area (Å²) in [5, 5.41) is 6.43. The highest BCUT2D eigenvalue weighted by Gasteiger charge is 2.11. The summed E-state index contributed by atoms with van der Waals surface area (Å²) in [6.45, 7) is 7.91. The summed E-state index contributed by atoms with van der Waals surface area (Å²) >= 11 is 1.64. The molecule has 1 N–H and O–H groups in total. The fraction of sp³-hybridized carbons (Fsp3) is 0.667. The van der Waals surface area contributed by atoms with E-state index in [1.807, 2.05) is 18.9 Å². The summed E-state index contributed by atoms with van der Waals surface area (Å²) < 4.78 is 0. The number of carbonyl (C=O) groups excluding carboxylic acids is 1. The predicted molar refractivity (Wildman–Crippen MR) is 92.2 cm³/mol. The number of hydrogen-bond acceptors (Lipinski definition) is 4. The number of aromatic nitrogens is 1. The fourth-order valence-electron chi connectivity index (χ4n) is 1.69. The molecule has 0 aliphatic rings. The van der Waals surface area contributed by atoms with Crippen molar-refractivity contribution in [2.45, 2.75) is 27.3 Å². The lowest BCUT2D eigenvalue weighted by Crippen LogP contribution is -2.41. The van der Waals surface area contributed by atoms with Crippen molar-refractivity contribution < 1.29 is 4.79 Å². The van der Waals surface area contributed by atoms with Gasteiger partial charge in [0, 0.05) is 33.1 Å². The van der Waals surface area contributed by atoms with Crippen LogP contribution >= 0.6 is 11.3 Å². The van der Waals surface area contributed by atoms with E-state index in [2.05, 4.69) is 34.5 Å². The number of guanidine groups is 1. The number of amides is 1. The zero-order valence-corrected chi connectivity index (χ0v) is 15.2. The van der Waals surface area contributed by atoms with Gasteiger partial charge in [0.05, 0.1) is 17.2 Å². The number of carbonyl (C=O) groups is 1. The third-order valence-electron chi connectivity index (χ3n) is 2.96. The molecule has 0 saturated carbocycles. The molecule has 6 nitrogen and oxygen atoms in total. The van der Waals surface area contributed by atoms with Gasteiger partial charge in [0.25, 0.3) is 0 Å². The minimum absolute atomic E-state index is 0.0123. The van der Waals surface area contributed by atoms with Crippen molar-refractivity contribution in [3.63, 3.8) is 0 Å². The Labute approximate surface area is 137 Å². The van der Waals surface area contributed by atoms with E-state index in [0.717, 1.165) is 23.2 Å². The maximum atomic E-state index is 11.7. The van der Waals surface area contributed by atoms with Gasteiger partial charge in [-0.3, -0.25) is 4.79 Å². The highest BCUT2D eigenvalue weighted by atomic mass is 32.1. The zero-order valence-electron chi connectivity index (χ0n) is 14.4. The van der Waals surface area contributed by atoms with E-state index in [4.69, 9.17) is 0 Å². The number of aliphatic imine (C=N–C) groups is 1. The Hall–Kier alpha value is -1.63. The van der Waals surface area contributed by atoms with Crippen molar-refractivity contribution in [3.8, 4) is 0 Å². The van der Waals surface area contributed by atoms with E-state index in [0.29, 0.717) is 12.5 Å². The summed E-state index contributed by atoms with van der Waals surface area (Å²) in [6.07, 6.45) is 0. The van der Waals surface area contributed by atoms with Crippen molar-refractivity contribution in [2.24, 2.45) is 10.9 Å². The first-order chi connectivity index (χ1) is 10.3. The number of nitrogens with zero attached hydrogens (tertiary/aromatic N) is 4. The van der Waals surface area contributed by atoms with Crippen LogP contribution in [-0.4, -0.2) is 60.9 Å². The van der Waals surface area contributed by atoms with Crippen LogP contribution in [0.3, 0.4) is 0 Å². The minimum Gasteiger partial charge on any atom is -0.356 e. The third-order valence-corrected chi connectivity index (χ3v) is 3.78. The van der Waals surface area contributed by atoms with E-state index in [1.54, 1.807) is 30.3 Å². The molecule has 124 valence electrons. The van der Waals surface area contributed by atoms with E-state index in [1.165, 1.54) is 0 Å². The van der Waals surface area contributed by atoms with Gasteiger partial charge < -0.3 is 15.1 Å². The van der Waals surface area contributed by atoms with Gasteiger partial charge >= 0.3 is 0 Å². The molecule has 0 aromatic carbocycles. The van der Waals surface area contributed by atoms with Crippen LogP contribution in [-0.2, 0) is 11.3 Å². The second-order valence-electron chi connectivity index (χ2n) is 5.92. The van der Waals surface area contributed by atoms with Gasteiger partial charge in [-0.15, -0.1) is 11.3 Å². The summed E-state index contributed by atoms with van der Waals surface area (Å²) in [7, 11) is 5.43. The second-order valence-corrected chi connectivity index (χ2v) is 6.98. The van der Waals surface area contributed by atoms with Crippen LogP contribution in [0.5, 0.6) is 0 Å². The molecule has 0 bridgehead atoms. The number of aryl methyl sites for hydroxylation is 1. The number of likely N-dealkylation sites (N-methyl/N-ethyl adjacent to an activating group) is 1. The molecular weight excluding hydrogens is 298 g/mol. The van der Waals surface area contributed by atoms with Gasteiger partial charge in [-0.05, 0) is 12.8 Å². The normalized spacial score (nSPS) is 11.7. The molecule has 0 aliphatic heterocycles. The molecule has 1 rings (SSSR count). The molecular formula is C15H27N5OS. The smallest absolute Gasteiger partial charge is 0.243 e. The number of nitrogens with one attached hydrogen (secondary N) is 1. The molecule has 0 unspecified atom stereocenters. The SMILES string of the molecule is Cc1nc(CN(C)C(=NCC(=O)N(C)C)NCC(C)C)cs1. The van der Waals surface area contributed by atoms with Gasteiger partial charge in [0.2, 0.25) is 5.91 Å². The van der Waals surface area contributed by atoms with Crippen molar-refractivity contribution >= 4 is 23.2 Å². The summed E-state index contributed by atoms with van der Waals surface area (Å²) in [5.74, 6) is 1.22. The molecule has 1 aromatic heterocycles. The van der Waals surface area contributed by atoms with Crippen LogP contribution < -0.4 is 5.32 Å². The number of thiazole rings is 1. The Bertz CT molecular complexity index is 510. The van der Waals surface area contributed by atoms with E-state index in [-0.39, 0.29) is 12.5 Å². The number of hydrogen-bond donors (Lipinski definition) is 1. The Balaban J connectivity index is 2.74. The average molecular weight is 325 g/mol. The molecule has 0 radical (unpaired) electrons. The summed E-state index contributed by atoms with van der Waals surface area (Å²) in [4.78, 5) is 24.2. The van der Waals surface area contributed by atoms with Gasteiger partial charge in [-0.2, -0.15) is 0 Å². The van der Waals surface area contributed by atoms with Crippen LogP contribution in [0.15, 0.2) is 10.4 Å². The molecule has 1 amide bonds. The average Bonchev–Trinajstić information content (AvgIpc) is 2.83. The summed E-state index contributed by atoms with van der Waals surface area (Å²) in [6, 6.07) is 0. The minimum atomic E-state index is -0.0123. The Morgan fingerprint density at radius 3 is 2.59 bits per heavy atom.